The number of H-pyrrole nitrogens is 4. The number of aromatic amines is 4. The van der Waals surface area contributed by atoms with E-state index < -0.39 is 0 Å². The minimum absolute atomic E-state index is 0.0163. The molecule has 126 heavy (non-hydrogen) atoms. The maximum atomic E-state index is 13.3. The Morgan fingerprint density at radius 1 is 0.468 bits per heavy atom. The van der Waals surface area contributed by atoms with Gasteiger partial charge in [-0.25, -0.2) is 49.8 Å². The molecule has 7 N–H and O–H groups in total. The molecule has 646 valence electrons. The zero-order valence-electron chi connectivity index (χ0n) is 69.9. The monoisotopic (exact) mass is 1770 g/mol. The molecule has 3 saturated heterocycles. The van der Waals surface area contributed by atoms with Crippen molar-refractivity contribution in [3.63, 3.8) is 0 Å². The Bertz CT molecular complexity index is 6630. The van der Waals surface area contributed by atoms with Crippen molar-refractivity contribution in [1.82, 2.24) is 105 Å². The predicted molar refractivity (Wildman–Crippen MR) is 487 cm³/mol. The van der Waals surface area contributed by atoms with Crippen LogP contribution >= 0.6 is 46.4 Å². The molecule has 0 unspecified atom stereocenters. The number of ether oxygens (including phenoxy) is 4. The molecule has 3 aliphatic rings. The average Bonchev–Trinajstić information content (AvgIpc) is 1.06. The lowest BCUT2D eigenvalue weighted by Crippen LogP contribution is -2.39. The lowest BCUT2D eigenvalue weighted by Gasteiger charge is -2.26. The summed E-state index contributed by atoms with van der Waals surface area (Å²) in [5.41, 5.74) is 13.1. The van der Waals surface area contributed by atoms with E-state index in [1.165, 1.54) is 6.33 Å². The highest BCUT2D eigenvalue weighted by Gasteiger charge is 2.28. The molecule has 16 aromatic rings. The minimum Gasteiger partial charge on any atom is -0.467 e. The summed E-state index contributed by atoms with van der Waals surface area (Å²) in [4.78, 5) is 125. The van der Waals surface area contributed by atoms with E-state index in [0.717, 1.165) is 177 Å². The van der Waals surface area contributed by atoms with Crippen LogP contribution in [0.2, 0.25) is 20.1 Å². The van der Waals surface area contributed by atoms with Crippen LogP contribution in [0.1, 0.15) is 147 Å². The molecule has 0 spiro atoms. The first-order chi connectivity index (χ1) is 61.4. The van der Waals surface area contributed by atoms with Crippen molar-refractivity contribution in [2.75, 3.05) is 71.6 Å². The molecular formula is C92H92Cl4N22O8. The number of rotatable bonds is 23. The number of imidazole rings is 4. The van der Waals surface area contributed by atoms with Crippen LogP contribution in [0.3, 0.4) is 0 Å². The van der Waals surface area contributed by atoms with Crippen molar-refractivity contribution < 1.29 is 38.1 Å². The molecule has 34 heteroatoms. The van der Waals surface area contributed by atoms with Gasteiger partial charge in [0.2, 0.25) is 17.6 Å². The Morgan fingerprint density at radius 3 is 1.33 bits per heavy atom. The van der Waals surface area contributed by atoms with Crippen LogP contribution in [0.15, 0.2) is 165 Å². The Hall–Kier alpha value is -12.9. The van der Waals surface area contributed by atoms with Crippen LogP contribution in [0.4, 0.5) is 5.82 Å². The van der Waals surface area contributed by atoms with Crippen molar-refractivity contribution in [3.05, 3.63) is 231 Å². The molecule has 3 aliphatic heterocycles. The normalized spacial score (nSPS) is 14.5. The SMILES string of the molecule is CNC(=O)COc1nc([C@H](C)Cc2nccc3[nH]cnc23)cc2cccc(Cl)c12.C[C@H](Cc1nccc2[nH]cnc12)c1cc2cccc(Cl)c2c(C(=O)NC2CCOCC2)n1.C[C@H](Cc1nccc2[nH]cnc12)c1cc2cccc(Cl)c2c(OCC(=O)N2CCCC2)n1.C[C@H](Nc1ncnc2nc[nH]c12)c1cc2cccc(Cl)c2c(OCC(=O)N2CCCCC2)n1. The van der Waals surface area contributed by atoms with Gasteiger partial charge >= 0.3 is 0 Å². The Balaban J connectivity index is 0.000000124. The summed E-state index contributed by atoms with van der Waals surface area (Å²) in [5.74, 6) is 1.38. The second kappa shape index (κ2) is 40.0. The van der Waals surface area contributed by atoms with E-state index >= 15 is 0 Å². The maximum Gasteiger partial charge on any atom is 0.270 e. The van der Waals surface area contributed by atoms with E-state index in [1.54, 1.807) is 69.1 Å². The van der Waals surface area contributed by atoms with Gasteiger partial charge in [-0.15, -0.1) is 0 Å². The summed E-state index contributed by atoms with van der Waals surface area (Å²) in [5, 5.41) is 17.6. The van der Waals surface area contributed by atoms with E-state index in [-0.39, 0.29) is 73.3 Å². The molecule has 4 atom stereocenters. The summed E-state index contributed by atoms with van der Waals surface area (Å²) in [7, 11) is 1.56. The molecular weight excluding hydrogens is 1680 g/mol. The molecule has 4 amide bonds. The van der Waals surface area contributed by atoms with Crippen LogP contribution in [0, 0.1) is 0 Å². The largest absolute Gasteiger partial charge is 0.467 e. The molecule has 0 radical (unpaired) electrons. The van der Waals surface area contributed by atoms with Gasteiger partial charge in [-0.2, -0.15) is 0 Å². The number of hydrogen-bond donors (Lipinski definition) is 7. The zero-order chi connectivity index (χ0) is 87.3. The van der Waals surface area contributed by atoms with Crippen molar-refractivity contribution in [3.8, 4) is 17.6 Å². The lowest BCUT2D eigenvalue weighted by molar-refractivity contribution is -0.134. The number of anilines is 1. The molecule has 30 nitrogen and oxygen atoms in total. The van der Waals surface area contributed by atoms with Gasteiger partial charge in [0.15, 0.2) is 31.3 Å². The van der Waals surface area contributed by atoms with Gasteiger partial charge in [-0.3, -0.25) is 34.1 Å². The van der Waals surface area contributed by atoms with E-state index in [1.807, 2.05) is 114 Å². The number of carbonyl (C=O) groups excluding carboxylic acids is 4. The standard InChI is InChI=1S/2C24H24ClN5O2.C23H24ClN7O2.C21H20ClN5O2/c1-15(11-20-23-18(7-8-26-20)27-14-28-23)19-12-16-5-4-6-17(25)22(16)24(29-19)32-13-21(31)30-9-2-3-10-30;1-14(11-20-22-18(5-8-26-20)27-13-28-22)19-12-15-3-2-4-17(25)21(15)23(30-19)24(31)29-16-6-9-32-10-7-16;1-14(29-22-20-21(26-12-25-20)27-13-28-22)17-10-15-6-5-7-16(24)19(15)23(30-17)33-11-18(32)31-8-3-2-4-9-31;1-12(8-17-20-15(6-7-24-17)25-11-26-20)16-9-13-4-3-5-14(22)19(13)21(27-16)29-10-18(28)23-2/h4-8,12,14-15H,2-3,9-11,13H2,1H3,(H,27,28);2-5,8,12-14,16H,6-7,9-11H2,1H3,(H,27,28)(H,29,31);5-7,10,12-14H,2-4,8-9,11H2,1H3,(H2,25,26,27,28,29);3-7,9,11-12H,8,10H2,1-2H3,(H,23,28)(H,25,26)/t15-;2*14-;12-/m1101/s1. The average molecular weight is 1780 g/mol. The van der Waals surface area contributed by atoms with Gasteiger partial charge in [0, 0.05) is 131 Å². The second-order valence-corrected chi connectivity index (χ2v) is 33.0. The first kappa shape index (κ1) is 86.6. The molecule has 12 aromatic heterocycles. The number of halogens is 4. The summed E-state index contributed by atoms with van der Waals surface area (Å²) >= 11 is 25.8. The smallest absolute Gasteiger partial charge is 0.270 e. The number of hydrogen-bond acceptors (Lipinski definition) is 22. The minimum atomic E-state index is -0.236. The van der Waals surface area contributed by atoms with Crippen LogP contribution in [-0.2, 0) is 38.4 Å². The molecule has 19 rings (SSSR count). The van der Waals surface area contributed by atoms with Gasteiger partial charge in [0.25, 0.3) is 23.6 Å². The molecule has 4 aromatic carbocycles. The third-order valence-corrected chi connectivity index (χ3v) is 24.0. The number of nitrogens with zero attached hydrogens (tertiary/aromatic N) is 15. The Kier molecular flexibility index (Phi) is 27.5. The first-order valence-corrected chi connectivity index (χ1v) is 43.5. The second-order valence-electron chi connectivity index (χ2n) is 31.4. The van der Waals surface area contributed by atoms with E-state index in [9.17, 15) is 19.2 Å². The summed E-state index contributed by atoms with van der Waals surface area (Å²) < 4.78 is 23.0. The number of benzene rings is 4. The lowest BCUT2D eigenvalue weighted by atomic mass is 9.97. The number of likely N-dealkylation sites (tertiary alicyclic amines) is 2. The number of pyridine rings is 7. The number of likely N-dealkylation sites (N-methyl/N-ethyl adjacent to an activating group) is 1. The highest BCUT2D eigenvalue weighted by molar-refractivity contribution is 6.38. The topological polar surface area (TPSA) is 378 Å². The quantitative estimate of drug-likeness (QED) is 0.0313. The van der Waals surface area contributed by atoms with Crippen LogP contribution in [0.25, 0.3) is 87.4 Å². The molecule has 0 bridgehead atoms. The maximum absolute atomic E-state index is 13.3. The number of nitrogens with one attached hydrogen (secondary N) is 7. The first-order valence-electron chi connectivity index (χ1n) is 42.0. The number of aromatic nitrogens is 17. The van der Waals surface area contributed by atoms with Crippen LogP contribution < -0.4 is 30.2 Å². The number of fused-ring (bicyclic) bond motifs is 8. The van der Waals surface area contributed by atoms with E-state index in [4.69, 9.17) is 80.3 Å². The van der Waals surface area contributed by atoms with Crippen molar-refractivity contribution >= 4 is 163 Å². The number of amides is 4. The predicted octanol–water partition coefficient (Wildman–Crippen LogP) is 16.7. The molecule has 0 aliphatic carbocycles. The van der Waals surface area contributed by atoms with Crippen LogP contribution in [-0.4, -0.2) is 190 Å². The third kappa shape index (κ3) is 20.1. The van der Waals surface area contributed by atoms with Gasteiger partial charge in [0.1, 0.15) is 34.1 Å². The fraction of sp³-hybridized carbons (Fsp3) is 0.315. The fourth-order valence-electron chi connectivity index (χ4n) is 15.9. The van der Waals surface area contributed by atoms with Crippen molar-refractivity contribution in [2.24, 2.45) is 0 Å². The number of piperidine rings is 1. The van der Waals surface area contributed by atoms with E-state index in [0.29, 0.717) is 104 Å². The molecule has 15 heterocycles. The zero-order valence-corrected chi connectivity index (χ0v) is 72.9. The fourth-order valence-corrected chi connectivity index (χ4v) is 17.0. The van der Waals surface area contributed by atoms with Crippen molar-refractivity contribution in [1.29, 1.82) is 0 Å². The molecule has 3 fully saturated rings. The summed E-state index contributed by atoms with van der Waals surface area (Å²) in [6.45, 7) is 12.5. The molecule has 0 saturated carbocycles. The summed E-state index contributed by atoms with van der Waals surface area (Å²) in [6.07, 6.45) is 22.3. The van der Waals surface area contributed by atoms with E-state index in [2.05, 4.69) is 106 Å². The van der Waals surface area contributed by atoms with Gasteiger partial charge < -0.3 is 64.6 Å². The third-order valence-electron chi connectivity index (χ3n) is 22.7. The number of carbonyl (C=O) groups is 4. The summed E-state index contributed by atoms with van der Waals surface area (Å²) in [6, 6.07) is 36.2. The Morgan fingerprint density at radius 2 is 0.873 bits per heavy atom. The highest BCUT2D eigenvalue weighted by Crippen LogP contribution is 2.39. The van der Waals surface area contributed by atoms with Gasteiger partial charge in [0.05, 0.1) is 107 Å². The van der Waals surface area contributed by atoms with Crippen molar-refractivity contribution in [2.45, 2.75) is 122 Å². The van der Waals surface area contributed by atoms with Gasteiger partial charge in [-0.05, 0) is 140 Å². The highest BCUT2D eigenvalue weighted by atomic mass is 35.5. The van der Waals surface area contributed by atoms with Crippen LogP contribution in [0.5, 0.6) is 17.6 Å². The Labute approximate surface area is 744 Å². The van der Waals surface area contributed by atoms with Gasteiger partial charge in [-0.1, -0.05) is 116 Å².